The van der Waals surface area contributed by atoms with Gasteiger partial charge in [0.05, 0.1) is 0 Å². The lowest BCUT2D eigenvalue weighted by molar-refractivity contribution is 0.306. The van der Waals surface area contributed by atoms with Gasteiger partial charge in [-0.2, -0.15) is 0 Å². The number of oxime groups is 1. The lowest BCUT2D eigenvalue weighted by Crippen LogP contribution is -2.12. The number of amidine groups is 1. The number of nitrogens with two attached hydrogens (primary N) is 1. The van der Waals surface area contributed by atoms with Crippen molar-refractivity contribution in [3.05, 3.63) is 64.7 Å². The van der Waals surface area contributed by atoms with E-state index in [1.807, 2.05) is 0 Å². The monoisotopic (exact) mass is 270 g/mol. The molecule has 2 rings (SSSR count). The van der Waals surface area contributed by atoms with Crippen molar-refractivity contribution in [2.24, 2.45) is 10.9 Å². The molecule has 0 amide bonds. The van der Waals surface area contributed by atoms with Gasteiger partial charge in [0, 0.05) is 5.56 Å². The lowest BCUT2D eigenvalue weighted by Gasteiger charge is -2.08. The number of rotatable bonds is 4. The minimum Gasteiger partial charge on any atom is -0.489 e. The Morgan fingerprint density at radius 1 is 1.10 bits per heavy atom. The quantitative estimate of drug-likeness (QED) is 0.388. The molecule has 4 nitrogen and oxygen atoms in total. The molecular weight excluding hydrogens is 252 g/mol. The van der Waals surface area contributed by atoms with Crippen LogP contribution >= 0.6 is 0 Å². The summed E-state index contributed by atoms with van der Waals surface area (Å²) in [6, 6.07) is 13.5. The second kappa shape index (κ2) is 6.10. The van der Waals surface area contributed by atoms with Crippen molar-refractivity contribution in [3.8, 4) is 5.75 Å². The fourth-order valence-electron chi connectivity index (χ4n) is 2.10. The molecule has 0 saturated heterocycles. The van der Waals surface area contributed by atoms with Crippen molar-refractivity contribution in [2.75, 3.05) is 0 Å². The van der Waals surface area contributed by atoms with Crippen LogP contribution in [0.5, 0.6) is 5.75 Å². The highest BCUT2D eigenvalue weighted by molar-refractivity contribution is 5.97. The molecule has 0 fully saturated rings. The number of benzene rings is 2. The minimum absolute atomic E-state index is 0.0888. The van der Waals surface area contributed by atoms with Crippen LogP contribution in [0.3, 0.4) is 0 Å². The molecule has 0 radical (unpaired) electrons. The van der Waals surface area contributed by atoms with Gasteiger partial charge < -0.3 is 15.7 Å². The van der Waals surface area contributed by atoms with E-state index in [-0.39, 0.29) is 5.84 Å². The summed E-state index contributed by atoms with van der Waals surface area (Å²) in [5.41, 5.74) is 9.76. The maximum absolute atomic E-state index is 8.59. The Kier molecular flexibility index (Phi) is 4.25. The first kappa shape index (κ1) is 13.9. The summed E-state index contributed by atoms with van der Waals surface area (Å²) < 4.78 is 5.73. The summed E-state index contributed by atoms with van der Waals surface area (Å²) >= 11 is 0. The maximum atomic E-state index is 8.59. The first-order valence-corrected chi connectivity index (χ1v) is 6.36. The molecule has 0 atom stereocenters. The summed E-state index contributed by atoms with van der Waals surface area (Å²) in [7, 11) is 0. The number of hydrogen-bond donors (Lipinski definition) is 2. The van der Waals surface area contributed by atoms with Gasteiger partial charge in [0.2, 0.25) is 0 Å². The van der Waals surface area contributed by atoms with Gasteiger partial charge in [-0.15, -0.1) is 0 Å². The van der Waals surface area contributed by atoms with Crippen LogP contribution in [0.2, 0.25) is 0 Å². The Bertz CT molecular complexity index is 599. The molecule has 20 heavy (non-hydrogen) atoms. The van der Waals surface area contributed by atoms with Crippen molar-refractivity contribution < 1.29 is 9.94 Å². The van der Waals surface area contributed by atoms with Crippen molar-refractivity contribution in [1.29, 1.82) is 0 Å². The highest BCUT2D eigenvalue weighted by Crippen LogP contribution is 2.15. The fraction of sp³-hybridized carbons (Fsp3) is 0.188. The van der Waals surface area contributed by atoms with Crippen LogP contribution in [0.15, 0.2) is 47.6 Å². The zero-order valence-electron chi connectivity index (χ0n) is 11.6. The molecule has 0 aliphatic heterocycles. The van der Waals surface area contributed by atoms with Crippen LogP contribution in [-0.4, -0.2) is 11.0 Å². The molecule has 0 aliphatic carbocycles. The van der Waals surface area contributed by atoms with Gasteiger partial charge >= 0.3 is 0 Å². The van der Waals surface area contributed by atoms with E-state index in [0.29, 0.717) is 12.2 Å². The Morgan fingerprint density at radius 3 is 2.25 bits per heavy atom. The molecule has 0 aliphatic rings. The van der Waals surface area contributed by atoms with Gasteiger partial charge in [0.1, 0.15) is 12.4 Å². The van der Waals surface area contributed by atoms with Gasteiger partial charge in [-0.25, -0.2) is 0 Å². The van der Waals surface area contributed by atoms with Gasteiger partial charge in [-0.05, 0) is 43.7 Å². The zero-order valence-corrected chi connectivity index (χ0v) is 11.6. The van der Waals surface area contributed by atoms with E-state index >= 15 is 0 Å². The summed E-state index contributed by atoms with van der Waals surface area (Å²) in [5, 5.41) is 11.5. The number of aryl methyl sites for hydroxylation is 2. The predicted octanol–water partition coefficient (Wildman–Crippen LogP) is 2.98. The average molecular weight is 270 g/mol. The minimum atomic E-state index is 0.0888. The second-order valence-corrected chi connectivity index (χ2v) is 4.79. The van der Waals surface area contributed by atoms with Gasteiger partial charge in [0.15, 0.2) is 5.84 Å². The smallest absolute Gasteiger partial charge is 0.170 e. The number of ether oxygens (including phenoxy) is 1. The molecule has 2 aromatic rings. The van der Waals surface area contributed by atoms with Crippen LogP contribution in [0.4, 0.5) is 0 Å². The predicted molar refractivity (Wildman–Crippen MR) is 79.2 cm³/mol. The summed E-state index contributed by atoms with van der Waals surface area (Å²) in [6.45, 7) is 4.66. The fourth-order valence-corrected chi connectivity index (χ4v) is 2.10. The Labute approximate surface area is 118 Å². The SMILES string of the molecule is Cc1cc(C)cc(COc2ccc(/C(N)=N/O)cc2)c1. The highest BCUT2D eigenvalue weighted by Gasteiger charge is 2.01. The molecule has 0 aromatic heterocycles. The summed E-state index contributed by atoms with van der Waals surface area (Å²) in [6.07, 6.45) is 0. The van der Waals surface area contributed by atoms with Crippen LogP contribution < -0.4 is 10.5 Å². The topological polar surface area (TPSA) is 67.8 Å². The lowest BCUT2D eigenvalue weighted by atomic mass is 10.1. The molecular formula is C16H18N2O2. The Hall–Kier alpha value is -2.49. The van der Waals surface area contributed by atoms with E-state index in [0.717, 1.165) is 11.3 Å². The van der Waals surface area contributed by atoms with Crippen LogP contribution in [0.1, 0.15) is 22.3 Å². The van der Waals surface area contributed by atoms with E-state index < -0.39 is 0 Å². The van der Waals surface area contributed by atoms with E-state index in [1.165, 1.54) is 11.1 Å². The summed E-state index contributed by atoms with van der Waals surface area (Å²) in [4.78, 5) is 0. The van der Waals surface area contributed by atoms with Crippen molar-refractivity contribution in [3.63, 3.8) is 0 Å². The molecule has 2 aromatic carbocycles. The van der Waals surface area contributed by atoms with Crippen LogP contribution in [-0.2, 0) is 6.61 Å². The number of nitrogens with zero attached hydrogens (tertiary/aromatic N) is 1. The molecule has 0 spiro atoms. The number of hydrogen-bond acceptors (Lipinski definition) is 3. The highest BCUT2D eigenvalue weighted by atomic mass is 16.5. The molecule has 104 valence electrons. The van der Waals surface area contributed by atoms with E-state index in [4.69, 9.17) is 15.7 Å². The van der Waals surface area contributed by atoms with Gasteiger partial charge in [-0.3, -0.25) is 0 Å². The first-order chi connectivity index (χ1) is 9.58. The first-order valence-electron chi connectivity index (χ1n) is 6.36. The van der Waals surface area contributed by atoms with E-state index in [2.05, 4.69) is 37.2 Å². The molecule has 3 N–H and O–H groups in total. The van der Waals surface area contributed by atoms with E-state index in [9.17, 15) is 0 Å². The summed E-state index contributed by atoms with van der Waals surface area (Å²) in [5.74, 6) is 0.838. The van der Waals surface area contributed by atoms with Gasteiger partial charge in [-0.1, -0.05) is 34.5 Å². The second-order valence-electron chi connectivity index (χ2n) is 4.79. The van der Waals surface area contributed by atoms with Crippen molar-refractivity contribution in [2.45, 2.75) is 20.5 Å². The Morgan fingerprint density at radius 2 is 1.70 bits per heavy atom. The molecule has 0 saturated carbocycles. The van der Waals surface area contributed by atoms with Gasteiger partial charge in [0.25, 0.3) is 0 Å². The molecule has 0 heterocycles. The maximum Gasteiger partial charge on any atom is 0.170 e. The molecule has 4 heteroatoms. The standard InChI is InChI=1S/C16H18N2O2/c1-11-7-12(2)9-13(8-11)10-20-15-5-3-14(4-6-15)16(17)18-19/h3-9,19H,10H2,1-2H3,(H2,17,18). The third-order valence-electron chi connectivity index (χ3n) is 2.94. The van der Waals surface area contributed by atoms with Crippen molar-refractivity contribution in [1.82, 2.24) is 0 Å². The molecule has 0 unspecified atom stereocenters. The Balaban J connectivity index is 2.04. The normalized spacial score (nSPS) is 11.4. The van der Waals surface area contributed by atoms with Crippen LogP contribution in [0, 0.1) is 13.8 Å². The third-order valence-corrected chi connectivity index (χ3v) is 2.94. The third kappa shape index (κ3) is 3.51. The van der Waals surface area contributed by atoms with Crippen molar-refractivity contribution >= 4 is 5.84 Å². The zero-order chi connectivity index (χ0) is 14.5. The van der Waals surface area contributed by atoms with E-state index in [1.54, 1.807) is 24.3 Å². The average Bonchev–Trinajstić information content (AvgIpc) is 2.44. The molecule has 0 bridgehead atoms. The largest absolute Gasteiger partial charge is 0.489 e. The van der Waals surface area contributed by atoms with Crippen LogP contribution in [0.25, 0.3) is 0 Å².